The number of halogens is 1. The summed E-state index contributed by atoms with van der Waals surface area (Å²) in [6.45, 7) is 0.313. The molecule has 2 aromatic rings. The standard InChI is InChI=1S/C15H17BrN2O2/c16-12-10-5-1-2-6-11(10)18-13(12)14(19)17-9-15(20)7-3-4-8-15/h1-2,5-6,18,20H,3-4,7-9H2,(H,17,19). The highest BCUT2D eigenvalue weighted by molar-refractivity contribution is 9.10. The Hall–Kier alpha value is -1.33. The molecule has 4 nitrogen and oxygen atoms in total. The van der Waals surface area contributed by atoms with Crippen LogP contribution in [0.4, 0.5) is 0 Å². The maximum Gasteiger partial charge on any atom is 0.269 e. The van der Waals surface area contributed by atoms with Crippen LogP contribution in [0.15, 0.2) is 28.7 Å². The Labute approximate surface area is 125 Å². The van der Waals surface area contributed by atoms with Gasteiger partial charge in [0.15, 0.2) is 0 Å². The van der Waals surface area contributed by atoms with Gasteiger partial charge >= 0.3 is 0 Å². The first kappa shape index (κ1) is 13.6. The zero-order valence-electron chi connectivity index (χ0n) is 11.1. The molecule has 1 amide bonds. The van der Waals surface area contributed by atoms with Crippen molar-refractivity contribution in [3.05, 3.63) is 34.4 Å². The van der Waals surface area contributed by atoms with E-state index in [0.717, 1.165) is 41.1 Å². The zero-order chi connectivity index (χ0) is 14.2. The Morgan fingerprint density at radius 3 is 2.75 bits per heavy atom. The fourth-order valence-electron chi connectivity index (χ4n) is 2.81. The molecule has 106 valence electrons. The first-order valence-electron chi connectivity index (χ1n) is 6.86. The van der Waals surface area contributed by atoms with Crippen LogP contribution in [0.1, 0.15) is 36.2 Å². The number of amides is 1. The number of carbonyl (C=O) groups is 1. The molecule has 0 unspecified atom stereocenters. The van der Waals surface area contributed by atoms with Crippen LogP contribution in [0.5, 0.6) is 0 Å². The molecule has 3 N–H and O–H groups in total. The summed E-state index contributed by atoms with van der Waals surface area (Å²) in [7, 11) is 0. The van der Waals surface area contributed by atoms with Crippen LogP contribution in [0.3, 0.4) is 0 Å². The number of carbonyl (C=O) groups excluding carboxylic acids is 1. The van der Waals surface area contributed by atoms with Crippen molar-refractivity contribution in [1.29, 1.82) is 0 Å². The van der Waals surface area contributed by atoms with E-state index >= 15 is 0 Å². The summed E-state index contributed by atoms with van der Waals surface area (Å²) >= 11 is 3.46. The zero-order valence-corrected chi connectivity index (χ0v) is 12.7. The van der Waals surface area contributed by atoms with Crippen LogP contribution in [0.25, 0.3) is 10.9 Å². The van der Waals surface area contributed by atoms with E-state index in [1.165, 1.54) is 0 Å². The SMILES string of the molecule is O=C(NCC1(O)CCCC1)c1[nH]c2ccccc2c1Br. The van der Waals surface area contributed by atoms with Crippen molar-refractivity contribution in [3.8, 4) is 0 Å². The Kier molecular flexibility index (Phi) is 3.56. The summed E-state index contributed by atoms with van der Waals surface area (Å²) in [6.07, 6.45) is 3.59. The maximum absolute atomic E-state index is 12.3. The topological polar surface area (TPSA) is 65.1 Å². The molecule has 0 aliphatic heterocycles. The molecule has 1 aliphatic rings. The number of fused-ring (bicyclic) bond motifs is 1. The fraction of sp³-hybridized carbons (Fsp3) is 0.400. The van der Waals surface area contributed by atoms with Crippen molar-refractivity contribution < 1.29 is 9.90 Å². The summed E-state index contributed by atoms with van der Waals surface area (Å²) in [5.41, 5.74) is 0.700. The molecule has 0 spiro atoms. The second-order valence-electron chi connectivity index (χ2n) is 5.47. The second kappa shape index (κ2) is 5.22. The van der Waals surface area contributed by atoms with Crippen molar-refractivity contribution >= 4 is 32.7 Å². The third-order valence-corrected chi connectivity index (χ3v) is 4.81. The van der Waals surface area contributed by atoms with E-state index in [0.29, 0.717) is 12.2 Å². The van der Waals surface area contributed by atoms with Crippen molar-refractivity contribution in [3.63, 3.8) is 0 Å². The molecule has 0 bridgehead atoms. The highest BCUT2D eigenvalue weighted by atomic mass is 79.9. The second-order valence-corrected chi connectivity index (χ2v) is 6.27. The first-order valence-corrected chi connectivity index (χ1v) is 7.65. The molecular weight excluding hydrogens is 320 g/mol. The number of aromatic amines is 1. The molecule has 20 heavy (non-hydrogen) atoms. The number of benzene rings is 1. The first-order chi connectivity index (χ1) is 9.59. The van der Waals surface area contributed by atoms with Crippen LogP contribution < -0.4 is 5.32 Å². The van der Waals surface area contributed by atoms with Crippen LogP contribution in [-0.2, 0) is 0 Å². The predicted octanol–water partition coefficient (Wildman–Crippen LogP) is 2.97. The molecule has 1 aromatic carbocycles. The average Bonchev–Trinajstić information content (AvgIpc) is 3.02. The van der Waals surface area contributed by atoms with Gasteiger partial charge < -0.3 is 15.4 Å². The lowest BCUT2D eigenvalue weighted by atomic mass is 10.0. The van der Waals surface area contributed by atoms with Crippen LogP contribution in [0.2, 0.25) is 0 Å². The summed E-state index contributed by atoms with van der Waals surface area (Å²) in [5, 5.41) is 14.1. The number of H-pyrrole nitrogens is 1. The van der Waals surface area contributed by atoms with Gasteiger partial charge in [0.2, 0.25) is 0 Å². The van der Waals surface area contributed by atoms with E-state index in [9.17, 15) is 9.90 Å². The van der Waals surface area contributed by atoms with Gasteiger partial charge in [-0.3, -0.25) is 4.79 Å². The molecule has 1 heterocycles. The van der Waals surface area contributed by atoms with Gasteiger partial charge in [0.1, 0.15) is 5.69 Å². The van der Waals surface area contributed by atoms with Crippen molar-refractivity contribution in [2.75, 3.05) is 6.54 Å². The summed E-state index contributed by atoms with van der Waals surface area (Å²) in [6, 6.07) is 7.75. The Balaban J connectivity index is 1.77. The third-order valence-electron chi connectivity index (χ3n) is 3.98. The smallest absolute Gasteiger partial charge is 0.269 e. The number of para-hydroxylation sites is 1. The molecule has 1 fully saturated rings. The summed E-state index contributed by atoms with van der Waals surface area (Å²) in [5.74, 6) is -0.187. The highest BCUT2D eigenvalue weighted by Crippen LogP contribution is 2.30. The monoisotopic (exact) mass is 336 g/mol. The van der Waals surface area contributed by atoms with Crippen LogP contribution >= 0.6 is 15.9 Å². The molecule has 1 saturated carbocycles. The van der Waals surface area contributed by atoms with Crippen LogP contribution in [0, 0.1) is 0 Å². The molecule has 1 aliphatic carbocycles. The fourth-order valence-corrected chi connectivity index (χ4v) is 3.43. The van der Waals surface area contributed by atoms with Gasteiger partial charge in [-0.05, 0) is 34.8 Å². The average molecular weight is 337 g/mol. The minimum atomic E-state index is -0.728. The molecular formula is C15H17BrN2O2. The van der Waals surface area contributed by atoms with Gasteiger partial charge in [-0.2, -0.15) is 0 Å². The van der Waals surface area contributed by atoms with Crippen molar-refractivity contribution in [2.24, 2.45) is 0 Å². The van der Waals surface area contributed by atoms with E-state index in [-0.39, 0.29) is 5.91 Å². The molecule has 0 saturated heterocycles. The lowest BCUT2D eigenvalue weighted by Gasteiger charge is -2.22. The third kappa shape index (κ3) is 2.47. The number of rotatable bonds is 3. The van der Waals surface area contributed by atoms with Gasteiger partial charge in [-0.15, -0.1) is 0 Å². The number of aliphatic hydroxyl groups is 1. The normalized spacial score (nSPS) is 17.5. The van der Waals surface area contributed by atoms with Crippen molar-refractivity contribution in [1.82, 2.24) is 10.3 Å². The number of nitrogens with one attached hydrogen (secondary N) is 2. The molecule has 3 rings (SSSR count). The van der Waals surface area contributed by atoms with Gasteiger partial charge in [0, 0.05) is 17.4 Å². The van der Waals surface area contributed by atoms with Crippen molar-refractivity contribution in [2.45, 2.75) is 31.3 Å². The van der Waals surface area contributed by atoms with Gasteiger partial charge in [-0.25, -0.2) is 0 Å². The van der Waals surface area contributed by atoms with E-state index in [1.54, 1.807) is 0 Å². The quantitative estimate of drug-likeness (QED) is 0.806. The lowest BCUT2D eigenvalue weighted by molar-refractivity contribution is 0.0448. The predicted molar refractivity (Wildman–Crippen MR) is 81.7 cm³/mol. The maximum atomic E-state index is 12.3. The summed E-state index contributed by atoms with van der Waals surface area (Å²) < 4.78 is 0.768. The van der Waals surface area contributed by atoms with Crippen LogP contribution in [-0.4, -0.2) is 28.1 Å². The van der Waals surface area contributed by atoms with E-state index < -0.39 is 5.60 Å². The highest BCUT2D eigenvalue weighted by Gasteiger charge is 2.31. The number of aromatic nitrogens is 1. The minimum absolute atomic E-state index is 0.187. The largest absolute Gasteiger partial charge is 0.388 e. The molecule has 0 atom stereocenters. The lowest BCUT2D eigenvalue weighted by Crippen LogP contribution is -2.40. The van der Waals surface area contributed by atoms with E-state index in [1.807, 2.05) is 24.3 Å². The molecule has 5 heteroatoms. The Bertz CT molecular complexity index is 644. The van der Waals surface area contributed by atoms with Gasteiger partial charge in [0.25, 0.3) is 5.91 Å². The van der Waals surface area contributed by atoms with Gasteiger partial charge in [0.05, 0.1) is 10.1 Å². The van der Waals surface area contributed by atoms with E-state index in [4.69, 9.17) is 0 Å². The molecule has 1 aromatic heterocycles. The Morgan fingerprint density at radius 1 is 1.35 bits per heavy atom. The number of hydrogen-bond donors (Lipinski definition) is 3. The van der Waals surface area contributed by atoms with Gasteiger partial charge in [-0.1, -0.05) is 31.0 Å². The summed E-state index contributed by atoms with van der Waals surface area (Å²) in [4.78, 5) is 15.4. The molecule has 0 radical (unpaired) electrons. The number of hydrogen-bond acceptors (Lipinski definition) is 2. The minimum Gasteiger partial charge on any atom is -0.388 e. The Morgan fingerprint density at radius 2 is 2.05 bits per heavy atom. The van der Waals surface area contributed by atoms with E-state index in [2.05, 4.69) is 26.2 Å².